The van der Waals surface area contributed by atoms with Crippen molar-refractivity contribution in [3.8, 4) is 0 Å². The molecule has 1 amide bonds. The zero-order valence-electron chi connectivity index (χ0n) is 7.74. The van der Waals surface area contributed by atoms with E-state index < -0.39 is 5.38 Å². The molecule has 1 aliphatic rings. The Bertz CT molecular complexity index is 282. The molecule has 0 saturated carbocycles. The molecule has 1 aliphatic heterocycles. The van der Waals surface area contributed by atoms with E-state index in [2.05, 4.69) is 5.10 Å². The van der Waals surface area contributed by atoms with Crippen LogP contribution in [0.3, 0.4) is 0 Å². The number of thiocarbonyl (C=S) groups is 1. The van der Waals surface area contributed by atoms with Gasteiger partial charge in [-0.15, -0.1) is 11.6 Å². The summed E-state index contributed by atoms with van der Waals surface area (Å²) < 4.78 is 0. The first kappa shape index (κ1) is 10.6. The van der Waals surface area contributed by atoms with Crippen LogP contribution in [0.15, 0.2) is 5.10 Å². The smallest absolute Gasteiger partial charge is 0.266 e. The van der Waals surface area contributed by atoms with Gasteiger partial charge in [0.1, 0.15) is 0 Å². The minimum Gasteiger partial charge on any atom is -0.271 e. The average molecular weight is 219 g/mol. The van der Waals surface area contributed by atoms with Gasteiger partial charge in [-0.2, -0.15) is 5.10 Å². The molecule has 1 heterocycles. The minimum absolute atomic E-state index is 0.248. The number of halogens is 1. The van der Waals surface area contributed by atoms with Crippen LogP contribution in [-0.2, 0) is 4.79 Å². The van der Waals surface area contributed by atoms with Crippen molar-refractivity contribution in [2.45, 2.75) is 31.7 Å². The number of amides is 1. The van der Waals surface area contributed by atoms with Crippen molar-refractivity contribution in [3.05, 3.63) is 0 Å². The van der Waals surface area contributed by atoms with Crippen molar-refractivity contribution >= 4 is 40.8 Å². The maximum Gasteiger partial charge on any atom is 0.266 e. The Hall–Kier alpha value is -0.480. The van der Waals surface area contributed by atoms with Gasteiger partial charge in [-0.3, -0.25) is 4.79 Å². The molecule has 0 spiro atoms. The summed E-state index contributed by atoms with van der Waals surface area (Å²) in [6.07, 6.45) is 1.46. The fraction of sp³-hybridized carbons (Fsp3) is 0.625. The van der Waals surface area contributed by atoms with Gasteiger partial charge < -0.3 is 0 Å². The van der Waals surface area contributed by atoms with E-state index in [1.165, 1.54) is 11.2 Å². The van der Waals surface area contributed by atoms with E-state index in [-0.39, 0.29) is 11.4 Å². The first-order valence-corrected chi connectivity index (χ1v) is 4.74. The topological polar surface area (TPSA) is 32.7 Å². The first-order valence-electron chi connectivity index (χ1n) is 3.90. The van der Waals surface area contributed by atoms with E-state index in [4.69, 9.17) is 23.8 Å². The molecule has 5 heteroatoms. The highest BCUT2D eigenvalue weighted by atomic mass is 35.5. The largest absolute Gasteiger partial charge is 0.271 e. The third kappa shape index (κ3) is 2.06. The van der Waals surface area contributed by atoms with Gasteiger partial charge in [-0.05, 0) is 20.8 Å². The zero-order valence-corrected chi connectivity index (χ0v) is 9.32. The molecular formula is C8H11ClN2OS. The second kappa shape index (κ2) is 3.35. The molecule has 0 radical (unpaired) electrons. The zero-order chi connectivity index (χ0) is 10.2. The van der Waals surface area contributed by atoms with Crippen molar-refractivity contribution in [2.24, 2.45) is 5.10 Å². The Kier molecular flexibility index (Phi) is 2.73. The van der Waals surface area contributed by atoms with Gasteiger partial charge in [-0.25, -0.2) is 5.01 Å². The number of rotatable bonds is 0. The molecule has 13 heavy (non-hydrogen) atoms. The molecule has 0 aliphatic carbocycles. The lowest BCUT2D eigenvalue weighted by atomic mass is 10.1. The molecule has 0 bridgehead atoms. The van der Waals surface area contributed by atoms with Gasteiger partial charge in [0.25, 0.3) is 5.91 Å². The number of hydrazone groups is 1. The quantitative estimate of drug-likeness (QED) is 0.457. The summed E-state index contributed by atoms with van der Waals surface area (Å²) in [6.45, 7) is 5.67. The molecule has 1 unspecified atom stereocenters. The van der Waals surface area contributed by atoms with Crippen LogP contribution in [0.2, 0.25) is 0 Å². The second-order valence-electron chi connectivity index (χ2n) is 3.83. The van der Waals surface area contributed by atoms with Crippen LogP contribution in [0, 0.1) is 0 Å². The lowest BCUT2D eigenvalue weighted by Gasteiger charge is -2.34. The van der Waals surface area contributed by atoms with Gasteiger partial charge in [-0.1, -0.05) is 12.2 Å². The first-order chi connectivity index (χ1) is 5.84. The van der Waals surface area contributed by atoms with Crippen LogP contribution in [0.25, 0.3) is 0 Å². The van der Waals surface area contributed by atoms with Gasteiger partial charge in [0, 0.05) is 0 Å². The number of alkyl halides is 1. The summed E-state index contributed by atoms with van der Waals surface area (Å²) in [5.41, 5.74) is -0.350. The molecule has 1 rings (SSSR count). The molecule has 3 nitrogen and oxygen atoms in total. The minimum atomic E-state index is -0.744. The molecule has 0 aromatic carbocycles. The van der Waals surface area contributed by atoms with E-state index >= 15 is 0 Å². The molecule has 1 atom stereocenters. The molecule has 0 saturated heterocycles. The second-order valence-corrected chi connectivity index (χ2v) is 4.74. The van der Waals surface area contributed by atoms with Crippen molar-refractivity contribution < 1.29 is 4.79 Å². The Morgan fingerprint density at radius 3 is 2.62 bits per heavy atom. The third-order valence-electron chi connectivity index (χ3n) is 1.61. The van der Waals surface area contributed by atoms with Crippen LogP contribution >= 0.6 is 23.8 Å². The van der Waals surface area contributed by atoms with Crippen LogP contribution in [0.4, 0.5) is 0 Å². The SMILES string of the molecule is CC(C)(C)N1N=CC(=S)C(Cl)C1=O. The van der Waals surface area contributed by atoms with Gasteiger partial charge >= 0.3 is 0 Å². The maximum atomic E-state index is 11.6. The van der Waals surface area contributed by atoms with Gasteiger partial charge in [0.2, 0.25) is 0 Å². The predicted molar refractivity (Wildman–Crippen MR) is 57.3 cm³/mol. The Morgan fingerprint density at radius 1 is 1.62 bits per heavy atom. The third-order valence-corrected chi connectivity index (χ3v) is 2.50. The van der Waals surface area contributed by atoms with Crippen LogP contribution in [-0.4, -0.2) is 32.9 Å². The molecular weight excluding hydrogens is 208 g/mol. The Morgan fingerprint density at radius 2 is 2.15 bits per heavy atom. The summed E-state index contributed by atoms with van der Waals surface area (Å²) >= 11 is 10.6. The van der Waals surface area contributed by atoms with Gasteiger partial charge in [0.15, 0.2) is 5.38 Å². The average Bonchev–Trinajstić information content (AvgIpc) is 1.98. The van der Waals surface area contributed by atoms with Crippen molar-refractivity contribution in [1.29, 1.82) is 0 Å². The summed E-state index contributed by atoms with van der Waals surface area (Å²) in [4.78, 5) is 12.0. The van der Waals surface area contributed by atoms with E-state index in [9.17, 15) is 4.79 Å². The Labute approximate surface area is 87.7 Å². The number of nitrogens with zero attached hydrogens (tertiary/aromatic N) is 2. The fourth-order valence-corrected chi connectivity index (χ4v) is 1.27. The number of hydrogen-bond acceptors (Lipinski definition) is 3. The molecule has 0 aromatic rings. The molecule has 72 valence electrons. The molecule has 0 aromatic heterocycles. The summed E-state index contributed by atoms with van der Waals surface area (Å²) in [5, 5.41) is 4.56. The Balaban J connectivity index is 2.98. The molecule has 0 N–H and O–H groups in total. The maximum absolute atomic E-state index is 11.6. The van der Waals surface area contributed by atoms with Crippen LogP contribution in [0.1, 0.15) is 20.8 Å². The highest BCUT2D eigenvalue weighted by molar-refractivity contribution is 7.82. The van der Waals surface area contributed by atoms with Crippen molar-refractivity contribution in [3.63, 3.8) is 0 Å². The number of carbonyl (C=O) groups is 1. The van der Waals surface area contributed by atoms with Gasteiger partial charge in [0.05, 0.1) is 16.6 Å². The van der Waals surface area contributed by atoms with Crippen LogP contribution in [0.5, 0.6) is 0 Å². The lowest BCUT2D eigenvalue weighted by molar-refractivity contribution is -0.134. The monoisotopic (exact) mass is 218 g/mol. The number of hydrogen-bond donors (Lipinski definition) is 0. The number of carbonyl (C=O) groups excluding carboxylic acids is 1. The highest BCUT2D eigenvalue weighted by Gasteiger charge is 2.35. The lowest BCUT2D eigenvalue weighted by Crippen LogP contribution is -2.50. The summed E-state index contributed by atoms with van der Waals surface area (Å²) in [7, 11) is 0. The normalized spacial score (nSPS) is 24.0. The van der Waals surface area contributed by atoms with Crippen LogP contribution < -0.4 is 0 Å². The van der Waals surface area contributed by atoms with E-state index in [0.29, 0.717) is 4.86 Å². The van der Waals surface area contributed by atoms with Crippen molar-refractivity contribution in [2.75, 3.05) is 0 Å². The van der Waals surface area contributed by atoms with Crippen molar-refractivity contribution in [1.82, 2.24) is 5.01 Å². The summed E-state index contributed by atoms with van der Waals surface area (Å²) in [6, 6.07) is 0. The summed E-state index contributed by atoms with van der Waals surface area (Å²) in [5.74, 6) is -0.248. The predicted octanol–water partition coefficient (Wildman–Crippen LogP) is 1.59. The van der Waals surface area contributed by atoms with E-state index in [1.54, 1.807) is 0 Å². The highest BCUT2D eigenvalue weighted by Crippen LogP contribution is 2.20. The van der Waals surface area contributed by atoms with E-state index in [1.807, 2.05) is 20.8 Å². The standard InChI is InChI=1S/C8H11ClN2OS/c1-8(2,3)11-7(12)6(9)5(13)4-10-11/h4,6H,1-3H3. The fourth-order valence-electron chi connectivity index (χ4n) is 0.970. The van der Waals surface area contributed by atoms with E-state index in [0.717, 1.165) is 0 Å². The molecule has 0 fully saturated rings.